The van der Waals surface area contributed by atoms with Crippen molar-refractivity contribution in [1.29, 1.82) is 0 Å². The molecule has 1 fully saturated rings. The second-order valence-electron chi connectivity index (χ2n) is 7.76. The van der Waals surface area contributed by atoms with Crippen molar-refractivity contribution in [3.05, 3.63) is 30.3 Å². The van der Waals surface area contributed by atoms with Gasteiger partial charge in [0.1, 0.15) is 0 Å². The predicted octanol–water partition coefficient (Wildman–Crippen LogP) is 5.35. The number of benzene rings is 1. The second kappa shape index (κ2) is 7.19. The van der Waals surface area contributed by atoms with Gasteiger partial charge in [-0.1, -0.05) is 39.0 Å². The molecular formula is C19H31NS. The number of hydrogen-bond acceptors (Lipinski definition) is 2. The maximum Gasteiger partial charge on any atom is 0.00719 e. The van der Waals surface area contributed by atoms with Gasteiger partial charge >= 0.3 is 0 Å². The lowest BCUT2D eigenvalue weighted by atomic mass is 9.63. The van der Waals surface area contributed by atoms with E-state index in [4.69, 9.17) is 5.73 Å². The van der Waals surface area contributed by atoms with E-state index in [1.54, 1.807) is 0 Å². The highest BCUT2D eigenvalue weighted by atomic mass is 32.2. The number of nitrogens with two attached hydrogens (primary N) is 1. The topological polar surface area (TPSA) is 26.0 Å². The van der Waals surface area contributed by atoms with E-state index in [-0.39, 0.29) is 0 Å². The molecule has 0 aliphatic heterocycles. The molecule has 0 amide bonds. The molecule has 118 valence electrons. The van der Waals surface area contributed by atoms with Gasteiger partial charge in [0.05, 0.1) is 0 Å². The van der Waals surface area contributed by atoms with Gasteiger partial charge < -0.3 is 5.73 Å². The van der Waals surface area contributed by atoms with Crippen molar-refractivity contribution in [1.82, 2.24) is 0 Å². The molecule has 0 unspecified atom stereocenters. The first-order chi connectivity index (χ1) is 9.95. The van der Waals surface area contributed by atoms with Crippen LogP contribution in [0.15, 0.2) is 35.2 Å². The van der Waals surface area contributed by atoms with Crippen LogP contribution in [0, 0.1) is 16.7 Å². The summed E-state index contributed by atoms with van der Waals surface area (Å²) in [6, 6.07) is 10.7. The third-order valence-corrected chi connectivity index (χ3v) is 6.36. The number of thioether (sulfide) groups is 1. The molecule has 21 heavy (non-hydrogen) atoms. The summed E-state index contributed by atoms with van der Waals surface area (Å²) in [5.41, 5.74) is 7.03. The number of rotatable bonds is 5. The second-order valence-corrected chi connectivity index (χ2v) is 8.92. The van der Waals surface area contributed by atoms with E-state index >= 15 is 0 Å². The number of hydrogen-bond donors (Lipinski definition) is 1. The monoisotopic (exact) mass is 305 g/mol. The van der Waals surface area contributed by atoms with Crippen LogP contribution < -0.4 is 5.73 Å². The third-order valence-electron chi connectivity index (χ3n) is 5.35. The van der Waals surface area contributed by atoms with Crippen molar-refractivity contribution in [2.75, 3.05) is 12.3 Å². The predicted molar refractivity (Wildman–Crippen MR) is 94.7 cm³/mol. The normalized spacial score (nSPS) is 26.8. The first-order valence-electron chi connectivity index (χ1n) is 8.33. The van der Waals surface area contributed by atoms with E-state index in [1.165, 1.54) is 42.8 Å². The fourth-order valence-electron chi connectivity index (χ4n) is 3.55. The average Bonchev–Trinajstić information content (AvgIpc) is 2.48. The van der Waals surface area contributed by atoms with Gasteiger partial charge in [-0.3, -0.25) is 0 Å². The molecule has 0 atom stereocenters. The highest BCUT2D eigenvalue weighted by molar-refractivity contribution is 7.99. The standard InChI is InChI=1S/C19H31NS/c1-18(2,3)16-9-11-19(15-20,12-10-16)13-14-21-17-7-5-4-6-8-17/h4-8,16H,9-15,20H2,1-3H3. The summed E-state index contributed by atoms with van der Waals surface area (Å²) in [7, 11) is 0. The minimum atomic E-state index is 0.406. The van der Waals surface area contributed by atoms with Gasteiger partial charge in [0, 0.05) is 4.90 Å². The molecule has 1 nitrogen and oxygen atoms in total. The minimum absolute atomic E-state index is 0.406. The zero-order chi connectivity index (χ0) is 15.3. The zero-order valence-electron chi connectivity index (χ0n) is 13.9. The summed E-state index contributed by atoms with van der Waals surface area (Å²) in [6.45, 7) is 8.02. The summed E-state index contributed by atoms with van der Waals surface area (Å²) >= 11 is 1.98. The van der Waals surface area contributed by atoms with Crippen molar-refractivity contribution in [2.45, 2.75) is 57.8 Å². The molecule has 0 spiro atoms. The molecule has 0 bridgehead atoms. The van der Waals surface area contributed by atoms with Crippen molar-refractivity contribution in [3.8, 4) is 0 Å². The van der Waals surface area contributed by atoms with Crippen LogP contribution in [0.2, 0.25) is 0 Å². The molecule has 0 saturated heterocycles. The quantitative estimate of drug-likeness (QED) is 0.742. The Kier molecular flexibility index (Phi) is 5.79. The lowest BCUT2D eigenvalue weighted by Crippen LogP contribution is -2.38. The van der Waals surface area contributed by atoms with E-state index in [1.807, 2.05) is 11.8 Å². The lowest BCUT2D eigenvalue weighted by molar-refractivity contribution is 0.0906. The van der Waals surface area contributed by atoms with E-state index in [2.05, 4.69) is 51.1 Å². The summed E-state index contributed by atoms with van der Waals surface area (Å²) in [4.78, 5) is 1.38. The summed E-state index contributed by atoms with van der Waals surface area (Å²) in [5, 5.41) is 0. The Hall–Kier alpha value is -0.470. The summed E-state index contributed by atoms with van der Waals surface area (Å²) < 4.78 is 0. The van der Waals surface area contributed by atoms with Crippen LogP contribution in [0.1, 0.15) is 52.9 Å². The third kappa shape index (κ3) is 4.75. The van der Waals surface area contributed by atoms with Gasteiger partial charge in [0.15, 0.2) is 0 Å². The van der Waals surface area contributed by atoms with Crippen molar-refractivity contribution < 1.29 is 0 Å². The Balaban J connectivity index is 1.83. The van der Waals surface area contributed by atoms with Gasteiger partial charge in [-0.2, -0.15) is 0 Å². The molecule has 1 aliphatic carbocycles. The average molecular weight is 306 g/mol. The SMILES string of the molecule is CC(C)(C)C1CCC(CN)(CCSc2ccccc2)CC1. The molecule has 0 heterocycles. The van der Waals surface area contributed by atoms with Gasteiger partial charge in [0.2, 0.25) is 0 Å². The Bertz CT molecular complexity index is 413. The lowest BCUT2D eigenvalue weighted by Gasteiger charge is -2.43. The molecule has 1 aromatic carbocycles. The molecule has 2 N–H and O–H groups in total. The molecular weight excluding hydrogens is 274 g/mol. The zero-order valence-corrected chi connectivity index (χ0v) is 14.7. The van der Waals surface area contributed by atoms with Crippen LogP contribution in [0.25, 0.3) is 0 Å². The molecule has 1 aromatic rings. The smallest absolute Gasteiger partial charge is 0.00719 e. The first-order valence-corrected chi connectivity index (χ1v) is 9.32. The van der Waals surface area contributed by atoms with Crippen molar-refractivity contribution in [2.24, 2.45) is 22.5 Å². The van der Waals surface area contributed by atoms with Gasteiger partial charge in [0.25, 0.3) is 0 Å². The van der Waals surface area contributed by atoms with Gasteiger partial charge in [-0.15, -0.1) is 11.8 Å². The first kappa shape index (κ1) is 16.9. The molecule has 0 aromatic heterocycles. The maximum atomic E-state index is 6.16. The Morgan fingerprint density at radius 2 is 1.76 bits per heavy atom. The Morgan fingerprint density at radius 1 is 1.14 bits per heavy atom. The van der Waals surface area contributed by atoms with Gasteiger partial charge in [-0.05, 0) is 73.3 Å². The molecule has 2 heteroatoms. The fourth-order valence-corrected chi connectivity index (χ4v) is 4.67. The maximum absolute atomic E-state index is 6.16. The van der Waals surface area contributed by atoms with Crippen LogP contribution in [0.5, 0.6) is 0 Å². The Labute approximate surface area is 135 Å². The molecule has 1 saturated carbocycles. The van der Waals surface area contributed by atoms with Crippen LogP contribution in [0.3, 0.4) is 0 Å². The molecule has 2 rings (SSSR count). The van der Waals surface area contributed by atoms with Crippen molar-refractivity contribution >= 4 is 11.8 Å². The highest BCUT2D eigenvalue weighted by Gasteiger charge is 2.37. The summed E-state index contributed by atoms with van der Waals surface area (Å²) in [6.07, 6.45) is 6.62. The van der Waals surface area contributed by atoms with Crippen LogP contribution >= 0.6 is 11.8 Å². The van der Waals surface area contributed by atoms with Crippen LogP contribution in [-0.4, -0.2) is 12.3 Å². The van der Waals surface area contributed by atoms with Gasteiger partial charge in [-0.25, -0.2) is 0 Å². The highest BCUT2D eigenvalue weighted by Crippen LogP contribution is 2.47. The minimum Gasteiger partial charge on any atom is -0.330 e. The largest absolute Gasteiger partial charge is 0.330 e. The van der Waals surface area contributed by atoms with E-state index < -0.39 is 0 Å². The van der Waals surface area contributed by atoms with E-state index in [9.17, 15) is 0 Å². The Morgan fingerprint density at radius 3 is 2.29 bits per heavy atom. The van der Waals surface area contributed by atoms with Crippen LogP contribution in [0.4, 0.5) is 0 Å². The summed E-state index contributed by atoms with van der Waals surface area (Å²) in [5.74, 6) is 2.07. The van der Waals surface area contributed by atoms with E-state index in [0.717, 1.165) is 12.5 Å². The molecule has 0 radical (unpaired) electrons. The van der Waals surface area contributed by atoms with Crippen molar-refractivity contribution in [3.63, 3.8) is 0 Å². The molecule has 1 aliphatic rings. The van der Waals surface area contributed by atoms with Crippen LogP contribution in [-0.2, 0) is 0 Å². The fraction of sp³-hybridized carbons (Fsp3) is 0.684. The van der Waals surface area contributed by atoms with E-state index in [0.29, 0.717) is 10.8 Å².